The summed E-state index contributed by atoms with van der Waals surface area (Å²) in [6.45, 7) is 5.84. The lowest BCUT2D eigenvalue weighted by Crippen LogP contribution is -2.44. The fourth-order valence-corrected chi connectivity index (χ4v) is 4.78. The van der Waals surface area contributed by atoms with E-state index in [0.717, 1.165) is 48.4 Å². The van der Waals surface area contributed by atoms with Gasteiger partial charge in [0.1, 0.15) is 5.75 Å². The second kappa shape index (κ2) is 9.60. The van der Waals surface area contributed by atoms with Gasteiger partial charge < -0.3 is 14.8 Å². The van der Waals surface area contributed by atoms with Gasteiger partial charge in [0, 0.05) is 24.5 Å². The van der Waals surface area contributed by atoms with Crippen molar-refractivity contribution in [2.45, 2.75) is 18.9 Å². The summed E-state index contributed by atoms with van der Waals surface area (Å²) >= 11 is 1.74. The number of hydrogen-bond acceptors (Lipinski definition) is 5. The number of hydrogen-bond donors (Lipinski definition) is 1. The number of fused-ring (bicyclic) bond motifs is 1. The normalized spacial score (nSPS) is 16.9. The Bertz CT molecular complexity index is 983. The Kier molecular flexibility index (Phi) is 6.67. The molecule has 1 aliphatic rings. The average molecular weight is 425 g/mol. The standard InChI is InChI=1S/C24H28N2O3S/c1-17(18-5-6-20-15-21(28-2)8-7-19(20)14-18)24(27)25-16-22(23-4-3-13-30-23)26-9-11-29-12-10-26/h3-8,13-15,17,22H,9-12,16H2,1-2H3,(H,25,27)/t17-,22+/m1/s1. The Morgan fingerprint density at radius 3 is 2.67 bits per heavy atom. The van der Waals surface area contributed by atoms with Crippen molar-refractivity contribution < 1.29 is 14.3 Å². The third kappa shape index (κ3) is 4.67. The van der Waals surface area contributed by atoms with Gasteiger partial charge in [-0.05, 0) is 46.8 Å². The zero-order valence-electron chi connectivity index (χ0n) is 17.5. The van der Waals surface area contributed by atoms with E-state index in [2.05, 4.69) is 39.9 Å². The molecule has 0 spiro atoms. The Morgan fingerprint density at radius 1 is 1.17 bits per heavy atom. The van der Waals surface area contributed by atoms with E-state index in [1.54, 1.807) is 18.4 Å². The molecular weight excluding hydrogens is 396 g/mol. The van der Waals surface area contributed by atoms with E-state index in [4.69, 9.17) is 9.47 Å². The number of thiophene rings is 1. The van der Waals surface area contributed by atoms with Crippen molar-refractivity contribution in [3.8, 4) is 5.75 Å². The number of morpholine rings is 1. The van der Waals surface area contributed by atoms with Crippen molar-refractivity contribution in [1.29, 1.82) is 0 Å². The highest BCUT2D eigenvalue weighted by atomic mass is 32.1. The van der Waals surface area contributed by atoms with Crippen LogP contribution in [0.5, 0.6) is 5.75 Å². The summed E-state index contributed by atoms with van der Waals surface area (Å²) < 4.78 is 10.8. The van der Waals surface area contributed by atoms with Crippen LogP contribution in [0.4, 0.5) is 0 Å². The highest BCUT2D eigenvalue weighted by molar-refractivity contribution is 7.10. The Hall–Kier alpha value is -2.41. The molecule has 2 aromatic carbocycles. The van der Waals surface area contributed by atoms with Crippen LogP contribution in [0, 0.1) is 0 Å². The van der Waals surface area contributed by atoms with E-state index in [9.17, 15) is 4.79 Å². The molecule has 5 nitrogen and oxygen atoms in total. The van der Waals surface area contributed by atoms with E-state index < -0.39 is 0 Å². The molecule has 30 heavy (non-hydrogen) atoms. The number of rotatable bonds is 7. The molecule has 0 bridgehead atoms. The number of carbonyl (C=O) groups is 1. The van der Waals surface area contributed by atoms with Gasteiger partial charge in [0.05, 0.1) is 32.3 Å². The van der Waals surface area contributed by atoms with Crippen LogP contribution in [0.3, 0.4) is 0 Å². The number of amides is 1. The molecule has 0 radical (unpaired) electrons. The van der Waals surface area contributed by atoms with Gasteiger partial charge in [0.15, 0.2) is 0 Å². The summed E-state index contributed by atoms with van der Waals surface area (Å²) in [6, 6.07) is 16.6. The van der Waals surface area contributed by atoms with Crippen LogP contribution in [-0.4, -0.2) is 50.8 Å². The van der Waals surface area contributed by atoms with Crippen LogP contribution in [0.25, 0.3) is 10.8 Å². The third-order valence-corrected chi connectivity index (χ3v) is 6.77. The minimum atomic E-state index is -0.217. The van der Waals surface area contributed by atoms with Gasteiger partial charge in [-0.1, -0.05) is 30.3 Å². The Morgan fingerprint density at radius 2 is 1.93 bits per heavy atom. The first kappa shape index (κ1) is 20.8. The van der Waals surface area contributed by atoms with Gasteiger partial charge in [-0.15, -0.1) is 11.3 Å². The van der Waals surface area contributed by atoms with Gasteiger partial charge in [-0.3, -0.25) is 9.69 Å². The molecule has 1 amide bonds. The first-order chi connectivity index (χ1) is 14.7. The summed E-state index contributed by atoms with van der Waals surface area (Å²) in [5.41, 5.74) is 1.02. The van der Waals surface area contributed by atoms with Crippen molar-refractivity contribution in [2.24, 2.45) is 0 Å². The molecule has 1 N–H and O–H groups in total. The maximum atomic E-state index is 13.0. The predicted octanol–water partition coefficient (Wildman–Crippen LogP) is 4.20. The van der Waals surface area contributed by atoms with Gasteiger partial charge in [0.25, 0.3) is 0 Å². The predicted molar refractivity (Wildman–Crippen MR) is 121 cm³/mol. The fourth-order valence-electron chi connectivity index (χ4n) is 3.92. The van der Waals surface area contributed by atoms with E-state index in [-0.39, 0.29) is 17.9 Å². The molecule has 0 unspecified atom stereocenters. The summed E-state index contributed by atoms with van der Waals surface area (Å²) in [4.78, 5) is 16.7. The SMILES string of the molecule is COc1ccc2cc([C@@H](C)C(=O)NC[C@@H](c3cccs3)N3CCOCC3)ccc2c1. The first-order valence-corrected chi connectivity index (χ1v) is 11.2. The van der Waals surface area contributed by atoms with Crippen LogP contribution in [-0.2, 0) is 9.53 Å². The Balaban J connectivity index is 1.45. The van der Waals surface area contributed by atoms with Crippen LogP contribution in [0.15, 0.2) is 53.9 Å². The summed E-state index contributed by atoms with van der Waals surface area (Å²) in [5.74, 6) is 0.673. The minimum absolute atomic E-state index is 0.0534. The number of nitrogens with zero attached hydrogens (tertiary/aromatic N) is 1. The van der Waals surface area contributed by atoms with Crippen molar-refractivity contribution in [3.63, 3.8) is 0 Å². The van der Waals surface area contributed by atoms with Crippen molar-refractivity contribution in [2.75, 3.05) is 40.0 Å². The number of benzene rings is 2. The van der Waals surface area contributed by atoms with Gasteiger partial charge in [0.2, 0.25) is 5.91 Å². The monoisotopic (exact) mass is 424 g/mol. The molecule has 2 heterocycles. The molecule has 3 aromatic rings. The van der Waals surface area contributed by atoms with Crippen LogP contribution < -0.4 is 10.1 Å². The molecule has 1 aliphatic heterocycles. The van der Waals surface area contributed by atoms with Crippen LogP contribution >= 0.6 is 11.3 Å². The zero-order valence-corrected chi connectivity index (χ0v) is 18.3. The smallest absolute Gasteiger partial charge is 0.227 e. The summed E-state index contributed by atoms with van der Waals surface area (Å²) in [7, 11) is 1.67. The maximum absolute atomic E-state index is 13.0. The molecule has 2 atom stereocenters. The molecule has 1 saturated heterocycles. The highest BCUT2D eigenvalue weighted by Crippen LogP contribution is 2.27. The molecule has 158 valence electrons. The second-order valence-electron chi connectivity index (χ2n) is 7.62. The molecule has 0 saturated carbocycles. The minimum Gasteiger partial charge on any atom is -0.497 e. The maximum Gasteiger partial charge on any atom is 0.227 e. The van der Waals surface area contributed by atoms with Crippen molar-refractivity contribution in [1.82, 2.24) is 10.2 Å². The third-order valence-electron chi connectivity index (χ3n) is 5.79. The largest absolute Gasteiger partial charge is 0.497 e. The molecule has 0 aliphatic carbocycles. The molecular formula is C24H28N2O3S. The number of ether oxygens (including phenoxy) is 2. The van der Waals surface area contributed by atoms with E-state index in [1.165, 1.54) is 4.88 Å². The summed E-state index contributed by atoms with van der Waals surface area (Å²) in [6.07, 6.45) is 0. The van der Waals surface area contributed by atoms with E-state index >= 15 is 0 Å². The summed E-state index contributed by atoms with van der Waals surface area (Å²) in [5, 5.41) is 7.51. The van der Waals surface area contributed by atoms with Crippen LogP contribution in [0.1, 0.15) is 29.3 Å². The average Bonchev–Trinajstić information content (AvgIpc) is 3.33. The number of methoxy groups -OCH3 is 1. The molecule has 4 rings (SSSR count). The number of carbonyl (C=O) groups excluding carboxylic acids is 1. The van der Waals surface area contributed by atoms with Crippen molar-refractivity contribution in [3.05, 3.63) is 64.4 Å². The molecule has 1 fully saturated rings. The first-order valence-electron chi connectivity index (χ1n) is 10.4. The topological polar surface area (TPSA) is 50.8 Å². The number of nitrogens with one attached hydrogen (secondary N) is 1. The zero-order chi connectivity index (χ0) is 20.9. The lowest BCUT2D eigenvalue weighted by Gasteiger charge is -2.34. The van der Waals surface area contributed by atoms with Gasteiger partial charge in [-0.2, -0.15) is 0 Å². The molecule has 1 aromatic heterocycles. The molecule has 6 heteroatoms. The Labute approximate surface area is 181 Å². The van der Waals surface area contributed by atoms with E-state index in [0.29, 0.717) is 6.54 Å². The van der Waals surface area contributed by atoms with E-state index in [1.807, 2.05) is 31.2 Å². The van der Waals surface area contributed by atoms with Gasteiger partial charge >= 0.3 is 0 Å². The lowest BCUT2D eigenvalue weighted by molar-refractivity contribution is -0.122. The lowest BCUT2D eigenvalue weighted by atomic mass is 9.97. The second-order valence-corrected chi connectivity index (χ2v) is 8.60. The van der Waals surface area contributed by atoms with Crippen LogP contribution in [0.2, 0.25) is 0 Å². The van der Waals surface area contributed by atoms with Gasteiger partial charge in [-0.25, -0.2) is 0 Å². The fraction of sp³-hybridized carbons (Fsp3) is 0.375. The highest BCUT2D eigenvalue weighted by Gasteiger charge is 2.25. The quantitative estimate of drug-likeness (QED) is 0.618. The van der Waals surface area contributed by atoms with Crippen molar-refractivity contribution >= 4 is 28.0 Å².